The minimum atomic E-state index is -0.437. The van der Waals surface area contributed by atoms with Gasteiger partial charge in [-0.15, -0.1) is 0 Å². The van der Waals surface area contributed by atoms with Crippen LogP contribution in [0.25, 0.3) is 0 Å². The van der Waals surface area contributed by atoms with E-state index in [2.05, 4.69) is 20.6 Å². The van der Waals surface area contributed by atoms with Gasteiger partial charge in [0, 0.05) is 17.8 Å². The van der Waals surface area contributed by atoms with Crippen molar-refractivity contribution < 1.29 is 9.18 Å². The van der Waals surface area contributed by atoms with Gasteiger partial charge in [0.15, 0.2) is 0 Å². The molecular formula is C19H14FN5O. The summed E-state index contributed by atoms with van der Waals surface area (Å²) in [5, 5.41) is 14.5. The summed E-state index contributed by atoms with van der Waals surface area (Å²) < 4.78 is 13.6. The molecule has 0 aliphatic carbocycles. The Bertz CT molecular complexity index is 966. The van der Waals surface area contributed by atoms with Crippen molar-refractivity contribution in [3.8, 4) is 6.07 Å². The molecule has 0 radical (unpaired) electrons. The zero-order valence-corrected chi connectivity index (χ0v) is 13.6. The van der Waals surface area contributed by atoms with E-state index in [0.717, 1.165) is 0 Å². The summed E-state index contributed by atoms with van der Waals surface area (Å²) in [6.07, 6.45) is 2.73. The number of hydrogen-bond donors (Lipinski definition) is 2. The second kappa shape index (κ2) is 7.85. The van der Waals surface area contributed by atoms with Gasteiger partial charge in [0.25, 0.3) is 5.91 Å². The van der Waals surface area contributed by atoms with E-state index in [1.165, 1.54) is 18.5 Å². The summed E-state index contributed by atoms with van der Waals surface area (Å²) in [4.78, 5) is 20.3. The number of carbonyl (C=O) groups excluding carboxylic acids is 1. The molecule has 0 aliphatic heterocycles. The molecule has 0 spiro atoms. The second-order valence-corrected chi connectivity index (χ2v) is 5.38. The van der Waals surface area contributed by atoms with Gasteiger partial charge in [-0.2, -0.15) is 5.26 Å². The topological polar surface area (TPSA) is 90.7 Å². The molecule has 128 valence electrons. The van der Waals surface area contributed by atoms with Gasteiger partial charge in [-0.3, -0.25) is 4.79 Å². The molecule has 6 nitrogen and oxygen atoms in total. The van der Waals surface area contributed by atoms with Crippen LogP contribution in [0.2, 0.25) is 0 Å². The van der Waals surface area contributed by atoms with Gasteiger partial charge in [0.1, 0.15) is 17.3 Å². The minimum Gasteiger partial charge on any atom is -0.365 e. The van der Waals surface area contributed by atoms with Gasteiger partial charge in [0.2, 0.25) is 0 Å². The quantitative estimate of drug-likeness (QED) is 0.738. The molecule has 7 heteroatoms. The fourth-order valence-electron chi connectivity index (χ4n) is 2.23. The standard InChI is InChI=1S/C19H14FN5O/c20-16-7-2-1-5-14(16)10-23-18-12-22-17(11-24-18)19(26)25-15-6-3-4-13(8-15)9-21/h1-8,11-12H,10H2,(H,23,24)(H,25,26). The number of aromatic nitrogens is 2. The SMILES string of the molecule is N#Cc1cccc(NC(=O)c2cnc(NCc3ccccc3F)cn2)c1. The first kappa shape index (κ1) is 17.0. The van der Waals surface area contributed by atoms with Gasteiger partial charge in [-0.25, -0.2) is 14.4 Å². The van der Waals surface area contributed by atoms with Crippen molar-refractivity contribution in [1.82, 2.24) is 9.97 Å². The van der Waals surface area contributed by atoms with Gasteiger partial charge >= 0.3 is 0 Å². The number of rotatable bonds is 5. The molecule has 0 atom stereocenters. The van der Waals surface area contributed by atoms with E-state index in [1.807, 2.05) is 6.07 Å². The summed E-state index contributed by atoms with van der Waals surface area (Å²) in [5.74, 6) is -0.312. The Kier molecular flexibility index (Phi) is 5.15. The Labute approximate surface area is 149 Å². The summed E-state index contributed by atoms with van der Waals surface area (Å²) in [5.41, 5.74) is 1.58. The predicted molar refractivity (Wildman–Crippen MR) is 94.9 cm³/mol. The maximum atomic E-state index is 13.6. The number of nitrogens with zero attached hydrogens (tertiary/aromatic N) is 3. The number of carbonyl (C=O) groups is 1. The number of anilines is 2. The molecule has 3 rings (SSSR count). The lowest BCUT2D eigenvalue weighted by Crippen LogP contribution is -2.14. The maximum absolute atomic E-state index is 13.6. The molecule has 0 bridgehead atoms. The van der Waals surface area contributed by atoms with Crippen LogP contribution in [-0.4, -0.2) is 15.9 Å². The van der Waals surface area contributed by atoms with E-state index in [4.69, 9.17) is 5.26 Å². The molecule has 0 saturated heterocycles. The third-order valence-electron chi connectivity index (χ3n) is 3.55. The lowest BCUT2D eigenvalue weighted by atomic mass is 10.2. The normalized spacial score (nSPS) is 10.0. The van der Waals surface area contributed by atoms with Crippen molar-refractivity contribution >= 4 is 17.4 Å². The summed E-state index contributed by atoms with van der Waals surface area (Å²) in [6.45, 7) is 0.258. The number of nitrogens with one attached hydrogen (secondary N) is 2. The molecule has 1 heterocycles. The summed E-state index contributed by atoms with van der Waals surface area (Å²) in [7, 11) is 0. The van der Waals surface area contributed by atoms with E-state index in [-0.39, 0.29) is 18.1 Å². The van der Waals surface area contributed by atoms with Crippen molar-refractivity contribution in [2.24, 2.45) is 0 Å². The van der Waals surface area contributed by atoms with Crippen LogP contribution >= 0.6 is 0 Å². The molecule has 2 aromatic carbocycles. The van der Waals surface area contributed by atoms with Crippen LogP contribution in [0.15, 0.2) is 60.9 Å². The fourth-order valence-corrected chi connectivity index (χ4v) is 2.23. The van der Waals surface area contributed by atoms with Crippen molar-refractivity contribution in [2.75, 3.05) is 10.6 Å². The minimum absolute atomic E-state index is 0.129. The summed E-state index contributed by atoms with van der Waals surface area (Å²) in [6, 6.07) is 15.0. The lowest BCUT2D eigenvalue weighted by molar-refractivity contribution is 0.102. The van der Waals surface area contributed by atoms with Crippen LogP contribution < -0.4 is 10.6 Å². The predicted octanol–water partition coefficient (Wildman–Crippen LogP) is 3.35. The van der Waals surface area contributed by atoms with Crippen LogP contribution in [0, 0.1) is 17.1 Å². The maximum Gasteiger partial charge on any atom is 0.275 e. The van der Waals surface area contributed by atoms with E-state index in [9.17, 15) is 9.18 Å². The van der Waals surface area contributed by atoms with E-state index in [1.54, 1.807) is 42.5 Å². The van der Waals surface area contributed by atoms with Crippen LogP contribution in [0.5, 0.6) is 0 Å². The molecule has 3 aromatic rings. The van der Waals surface area contributed by atoms with Gasteiger partial charge in [0.05, 0.1) is 24.0 Å². The zero-order chi connectivity index (χ0) is 18.4. The molecule has 2 N–H and O–H groups in total. The summed E-state index contributed by atoms with van der Waals surface area (Å²) >= 11 is 0. The molecule has 0 unspecified atom stereocenters. The van der Waals surface area contributed by atoms with Gasteiger partial charge in [-0.05, 0) is 24.3 Å². The van der Waals surface area contributed by atoms with E-state index < -0.39 is 5.91 Å². The van der Waals surface area contributed by atoms with Crippen LogP contribution in [0.3, 0.4) is 0 Å². The first-order valence-electron chi connectivity index (χ1n) is 7.76. The molecule has 26 heavy (non-hydrogen) atoms. The smallest absolute Gasteiger partial charge is 0.275 e. The van der Waals surface area contributed by atoms with E-state index >= 15 is 0 Å². The molecule has 0 saturated carbocycles. The Hall–Kier alpha value is -3.79. The highest BCUT2D eigenvalue weighted by Gasteiger charge is 2.09. The molecule has 0 fully saturated rings. The highest BCUT2D eigenvalue weighted by molar-refractivity contribution is 6.02. The Morgan fingerprint density at radius 1 is 1.12 bits per heavy atom. The van der Waals surface area contributed by atoms with Crippen LogP contribution in [0.1, 0.15) is 21.6 Å². The third kappa shape index (κ3) is 4.19. The number of halogens is 1. The highest BCUT2D eigenvalue weighted by Crippen LogP contribution is 2.12. The molecule has 1 amide bonds. The van der Waals surface area contributed by atoms with Crippen molar-refractivity contribution in [1.29, 1.82) is 5.26 Å². The molecular weight excluding hydrogens is 333 g/mol. The first-order chi connectivity index (χ1) is 12.7. The first-order valence-corrected chi connectivity index (χ1v) is 7.76. The highest BCUT2D eigenvalue weighted by atomic mass is 19.1. The van der Waals surface area contributed by atoms with Crippen molar-refractivity contribution in [2.45, 2.75) is 6.54 Å². The number of benzene rings is 2. The number of amides is 1. The Morgan fingerprint density at radius 2 is 1.96 bits per heavy atom. The Morgan fingerprint density at radius 3 is 2.69 bits per heavy atom. The lowest BCUT2D eigenvalue weighted by Gasteiger charge is -2.08. The van der Waals surface area contributed by atoms with Crippen molar-refractivity contribution in [3.05, 3.63) is 83.6 Å². The fraction of sp³-hybridized carbons (Fsp3) is 0.0526. The molecule has 0 aliphatic rings. The third-order valence-corrected chi connectivity index (χ3v) is 3.55. The number of hydrogen-bond acceptors (Lipinski definition) is 5. The van der Waals surface area contributed by atoms with Crippen LogP contribution in [-0.2, 0) is 6.54 Å². The zero-order valence-electron chi connectivity index (χ0n) is 13.6. The average molecular weight is 347 g/mol. The van der Waals surface area contributed by atoms with Gasteiger partial charge in [-0.1, -0.05) is 24.3 Å². The van der Waals surface area contributed by atoms with E-state index in [0.29, 0.717) is 22.6 Å². The van der Waals surface area contributed by atoms with Gasteiger partial charge < -0.3 is 10.6 Å². The monoisotopic (exact) mass is 347 g/mol. The largest absolute Gasteiger partial charge is 0.365 e. The average Bonchev–Trinajstić information content (AvgIpc) is 2.68. The molecule has 1 aromatic heterocycles. The Balaban J connectivity index is 1.62. The second-order valence-electron chi connectivity index (χ2n) is 5.38. The van der Waals surface area contributed by atoms with Crippen LogP contribution in [0.4, 0.5) is 15.9 Å². The van der Waals surface area contributed by atoms with Crippen molar-refractivity contribution in [3.63, 3.8) is 0 Å². The number of nitriles is 1.